The van der Waals surface area contributed by atoms with E-state index in [1.54, 1.807) is 32.4 Å². The Morgan fingerprint density at radius 2 is 1.11 bits per heavy atom. The molecular weight excluding hydrogens is 597 g/mol. The molecule has 45 heavy (non-hydrogen) atoms. The molecule has 1 aromatic heterocycles. The average molecular weight is 631 g/mol. The third-order valence-electron chi connectivity index (χ3n) is 8.19. The number of thiophene rings is 1. The number of methoxy groups -OCH3 is 2. The Hall–Kier alpha value is -4.17. The third-order valence-corrected chi connectivity index (χ3v) is 11.5. The number of hydrogen-bond acceptors (Lipinski definition) is 5. The Labute approximate surface area is 268 Å². The molecule has 0 atom stereocenters. The zero-order valence-electron chi connectivity index (χ0n) is 26.5. The maximum Gasteiger partial charge on any atom is 0.215 e. The van der Waals surface area contributed by atoms with E-state index >= 15 is 0 Å². The molecule has 4 nitrogen and oxygen atoms in total. The van der Waals surface area contributed by atoms with Crippen molar-refractivity contribution in [2.24, 2.45) is 0 Å². The van der Waals surface area contributed by atoms with Crippen LogP contribution in [0.1, 0.15) is 44.4 Å². The Morgan fingerprint density at radius 1 is 0.644 bits per heavy atom. The lowest BCUT2D eigenvalue weighted by Gasteiger charge is -2.17. The summed E-state index contributed by atoms with van der Waals surface area (Å²) in [7, 11) is -0.393. The molecule has 5 aromatic carbocycles. The van der Waals surface area contributed by atoms with Gasteiger partial charge >= 0.3 is 0 Å². The minimum absolute atomic E-state index is 0.281. The lowest BCUT2D eigenvalue weighted by atomic mass is 9.89. The number of fused-ring (bicyclic) bond motifs is 4. The van der Waals surface area contributed by atoms with Crippen LogP contribution in [0.2, 0.25) is 0 Å². The number of ether oxygens (including phenoxy) is 2. The molecule has 0 unspecified atom stereocenters. The first kappa shape index (κ1) is 30.8. The van der Waals surface area contributed by atoms with Crippen molar-refractivity contribution in [2.75, 3.05) is 14.2 Å². The van der Waals surface area contributed by atoms with E-state index in [1.165, 1.54) is 11.3 Å². The predicted molar refractivity (Wildman–Crippen MR) is 187 cm³/mol. The molecule has 0 amide bonds. The second-order valence-corrected chi connectivity index (χ2v) is 15.5. The molecule has 0 spiro atoms. The summed E-state index contributed by atoms with van der Waals surface area (Å²) >= 11 is 1.27. The van der Waals surface area contributed by atoms with Crippen molar-refractivity contribution in [3.05, 3.63) is 95.6 Å². The fourth-order valence-corrected chi connectivity index (χ4v) is 8.00. The summed E-state index contributed by atoms with van der Waals surface area (Å²) < 4.78 is 39.9. The van der Waals surface area contributed by atoms with Gasteiger partial charge in [-0.3, -0.25) is 0 Å². The highest BCUT2D eigenvalue weighted by Gasteiger charge is 2.23. The van der Waals surface area contributed by atoms with Gasteiger partial charge in [-0.05, 0) is 109 Å². The van der Waals surface area contributed by atoms with Crippen LogP contribution in [0, 0.1) is 30.6 Å². The van der Waals surface area contributed by atoms with E-state index in [2.05, 4.69) is 60.1 Å². The van der Waals surface area contributed by atoms with E-state index in [1.807, 2.05) is 58.9 Å². The van der Waals surface area contributed by atoms with E-state index in [0.29, 0.717) is 4.21 Å². The van der Waals surface area contributed by atoms with E-state index in [9.17, 15) is 8.42 Å². The normalized spacial score (nSPS) is 12.3. The van der Waals surface area contributed by atoms with Crippen LogP contribution in [-0.4, -0.2) is 33.8 Å². The standard InChI is InChI=1S/C39H34O4S2/c1-25-12-14-29(15-13-25)45(40,41)37-23-28-22-34-30(16-18-38(2,3)42-6)32-20-26-10-8-9-11-27(26)21-33(32)31(17-19-39(4,5)43-7)35(34)24-36(28)44-37/h8-15,20-24H,1-7H3. The fourth-order valence-electron chi connectivity index (χ4n) is 5.18. The molecule has 6 heteroatoms. The van der Waals surface area contributed by atoms with Gasteiger partial charge in [-0.15, -0.1) is 11.3 Å². The number of hydrogen-bond donors (Lipinski definition) is 0. The lowest BCUT2D eigenvalue weighted by Crippen LogP contribution is -2.19. The van der Waals surface area contributed by atoms with Crippen molar-refractivity contribution < 1.29 is 17.9 Å². The van der Waals surface area contributed by atoms with Crippen molar-refractivity contribution in [3.8, 4) is 23.7 Å². The zero-order chi connectivity index (χ0) is 32.1. The van der Waals surface area contributed by atoms with Crippen molar-refractivity contribution >= 4 is 63.6 Å². The predicted octanol–water partition coefficient (Wildman–Crippen LogP) is 9.06. The van der Waals surface area contributed by atoms with Crippen LogP contribution in [-0.2, 0) is 19.3 Å². The van der Waals surface area contributed by atoms with Gasteiger partial charge < -0.3 is 9.47 Å². The summed E-state index contributed by atoms with van der Waals surface area (Å²) in [5.41, 5.74) is 1.37. The summed E-state index contributed by atoms with van der Waals surface area (Å²) in [6.07, 6.45) is 0. The molecule has 0 N–H and O–H groups in total. The summed E-state index contributed by atoms with van der Waals surface area (Å²) in [6.45, 7) is 9.69. The van der Waals surface area contributed by atoms with E-state index in [4.69, 9.17) is 9.47 Å². The molecule has 226 valence electrons. The quantitative estimate of drug-likeness (QED) is 0.144. The van der Waals surface area contributed by atoms with Crippen LogP contribution in [0.25, 0.3) is 42.4 Å². The van der Waals surface area contributed by atoms with Gasteiger partial charge in [0.1, 0.15) is 15.4 Å². The molecule has 6 rings (SSSR count). The highest BCUT2D eigenvalue weighted by molar-refractivity contribution is 7.93. The van der Waals surface area contributed by atoms with Crippen LogP contribution in [0.15, 0.2) is 88.0 Å². The van der Waals surface area contributed by atoms with Crippen molar-refractivity contribution in [2.45, 2.75) is 54.9 Å². The van der Waals surface area contributed by atoms with Gasteiger partial charge in [0.15, 0.2) is 0 Å². The molecule has 0 aliphatic heterocycles. The highest BCUT2D eigenvalue weighted by atomic mass is 32.2. The van der Waals surface area contributed by atoms with Gasteiger partial charge in [0.25, 0.3) is 0 Å². The summed E-state index contributed by atoms with van der Waals surface area (Å²) in [5.74, 6) is 13.6. The Bertz CT molecular complexity index is 2240. The van der Waals surface area contributed by atoms with E-state index < -0.39 is 21.0 Å². The van der Waals surface area contributed by atoms with Crippen LogP contribution in [0.3, 0.4) is 0 Å². The monoisotopic (exact) mass is 630 g/mol. The van der Waals surface area contributed by atoms with Gasteiger partial charge in [0.05, 0.1) is 4.90 Å². The van der Waals surface area contributed by atoms with E-state index in [-0.39, 0.29) is 4.90 Å². The van der Waals surface area contributed by atoms with Gasteiger partial charge in [0.2, 0.25) is 9.84 Å². The number of benzene rings is 5. The van der Waals surface area contributed by atoms with Crippen LogP contribution >= 0.6 is 11.3 Å². The fraction of sp³-hybridized carbons (Fsp3) is 0.231. The first-order chi connectivity index (χ1) is 21.3. The smallest absolute Gasteiger partial charge is 0.215 e. The second kappa shape index (κ2) is 11.3. The van der Waals surface area contributed by atoms with Crippen molar-refractivity contribution in [3.63, 3.8) is 0 Å². The largest absolute Gasteiger partial charge is 0.366 e. The van der Waals surface area contributed by atoms with Crippen molar-refractivity contribution in [1.82, 2.24) is 0 Å². The molecule has 0 saturated heterocycles. The second-order valence-electron chi connectivity index (χ2n) is 12.2. The zero-order valence-corrected chi connectivity index (χ0v) is 28.1. The number of sulfone groups is 1. The highest BCUT2D eigenvalue weighted by Crippen LogP contribution is 2.40. The number of aryl methyl sites for hydroxylation is 1. The Morgan fingerprint density at radius 3 is 1.60 bits per heavy atom. The molecule has 6 aromatic rings. The van der Waals surface area contributed by atoms with Gasteiger partial charge in [-0.2, -0.15) is 0 Å². The molecule has 0 bridgehead atoms. The van der Waals surface area contributed by atoms with Crippen molar-refractivity contribution in [1.29, 1.82) is 0 Å². The topological polar surface area (TPSA) is 52.6 Å². The number of rotatable bonds is 4. The first-order valence-corrected chi connectivity index (χ1v) is 17.0. The Kier molecular flexibility index (Phi) is 7.76. The van der Waals surface area contributed by atoms with Gasteiger partial charge in [0, 0.05) is 35.4 Å². The van der Waals surface area contributed by atoms with Crippen LogP contribution in [0.4, 0.5) is 0 Å². The minimum Gasteiger partial charge on any atom is -0.366 e. The maximum atomic E-state index is 13.7. The first-order valence-electron chi connectivity index (χ1n) is 14.7. The maximum absolute atomic E-state index is 13.7. The molecule has 0 fully saturated rings. The average Bonchev–Trinajstić information content (AvgIpc) is 3.45. The Balaban J connectivity index is 1.75. The minimum atomic E-state index is -3.70. The van der Waals surface area contributed by atoms with Gasteiger partial charge in [-0.25, -0.2) is 8.42 Å². The van der Waals surface area contributed by atoms with Gasteiger partial charge in [-0.1, -0.05) is 65.6 Å². The molecular formula is C39H34O4S2. The molecule has 0 saturated carbocycles. The molecule has 1 heterocycles. The summed E-state index contributed by atoms with van der Waals surface area (Å²) in [5, 5.41) is 6.79. The van der Waals surface area contributed by atoms with E-state index in [0.717, 1.165) is 59.1 Å². The SMILES string of the molecule is COC(C)(C)C#Cc1c2cc3ccccc3cc2c(C#CC(C)(C)OC)c2cc3sc(S(=O)(=O)c4ccc(C)cc4)cc3cc12. The third kappa shape index (κ3) is 5.84. The molecule has 0 radical (unpaired) electrons. The van der Waals surface area contributed by atoms with Crippen LogP contribution < -0.4 is 0 Å². The summed E-state index contributed by atoms with van der Waals surface area (Å²) in [6, 6.07) is 25.5. The van der Waals surface area contributed by atoms with Crippen LogP contribution in [0.5, 0.6) is 0 Å². The lowest BCUT2D eigenvalue weighted by molar-refractivity contribution is 0.0739. The molecule has 0 aliphatic carbocycles. The molecule has 0 aliphatic rings. The summed E-state index contributed by atoms with van der Waals surface area (Å²) in [4.78, 5) is 0.281.